The molecule has 0 aliphatic carbocycles. The maximum Gasteiger partial charge on any atom is 0.140 e. The number of nitrogens with zero attached hydrogens (tertiary/aromatic N) is 3. The highest BCUT2D eigenvalue weighted by Crippen LogP contribution is 2.28. The van der Waals surface area contributed by atoms with E-state index in [9.17, 15) is 10.5 Å². The Morgan fingerprint density at radius 3 is 1.95 bits per heavy atom. The van der Waals surface area contributed by atoms with Gasteiger partial charge in [0.2, 0.25) is 0 Å². The fourth-order valence-electron chi connectivity index (χ4n) is 2.31. The minimum atomic E-state index is -0.710. The fraction of sp³-hybridized carbons (Fsp3) is 0.167. The Balaban J connectivity index is 2.34. The summed E-state index contributed by atoms with van der Waals surface area (Å²) in [5.41, 5.74) is 2.57. The molecule has 1 atom stereocenters. The highest BCUT2D eigenvalue weighted by atomic mass is 14.4. The standard InChI is InChI=1S/C18H13N3/c19-11-15-6-8-16(9-7-15)18(17(12-20)13-21)10-14-4-2-1-3-5-14/h1-9,17-18H,10H2. The number of nitriles is 3. The number of benzene rings is 2. The Kier molecular flexibility index (Phi) is 4.70. The molecule has 0 bridgehead atoms. The first-order chi connectivity index (χ1) is 10.3. The van der Waals surface area contributed by atoms with Gasteiger partial charge in [-0.1, -0.05) is 42.5 Å². The van der Waals surface area contributed by atoms with E-state index >= 15 is 0 Å². The topological polar surface area (TPSA) is 71.4 Å². The molecule has 2 aromatic carbocycles. The summed E-state index contributed by atoms with van der Waals surface area (Å²) in [6.07, 6.45) is 0.624. The van der Waals surface area contributed by atoms with Gasteiger partial charge in [-0.3, -0.25) is 0 Å². The molecule has 0 N–H and O–H groups in total. The average Bonchev–Trinajstić information content (AvgIpc) is 2.56. The SMILES string of the molecule is N#Cc1ccc(C(Cc2ccccc2)C(C#N)C#N)cc1. The molecule has 0 saturated carbocycles. The van der Waals surface area contributed by atoms with E-state index in [-0.39, 0.29) is 5.92 Å². The maximum absolute atomic E-state index is 9.21. The lowest BCUT2D eigenvalue weighted by Gasteiger charge is -2.18. The minimum absolute atomic E-state index is 0.199. The average molecular weight is 271 g/mol. The van der Waals surface area contributed by atoms with Crippen LogP contribution < -0.4 is 0 Å². The summed E-state index contributed by atoms with van der Waals surface area (Å²) in [4.78, 5) is 0. The summed E-state index contributed by atoms with van der Waals surface area (Å²) < 4.78 is 0. The van der Waals surface area contributed by atoms with Crippen LogP contribution in [0.3, 0.4) is 0 Å². The van der Waals surface area contributed by atoms with Crippen molar-refractivity contribution in [2.45, 2.75) is 12.3 Å². The zero-order chi connectivity index (χ0) is 15.1. The minimum Gasteiger partial charge on any atom is -0.197 e. The predicted molar refractivity (Wildman–Crippen MR) is 78.8 cm³/mol. The molecule has 3 heteroatoms. The Morgan fingerprint density at radius 1 is 0.810 bits per heavy atom. The van der Waals surface area contributed by atoms with Crippen LogP contribution in [0.1, 0.15) is 22.6 Å². The lowest BCUT2D eigenvalue weighted by atomic mass is 9.82. The zero-order valence-corrected chi connectivity index (χ0v) is 11.4. The van der Waals surface area contributed by atoms with E-state index in [0.29, 0.717) is 12.0 Å². The van der Waals surface area contributed by atoms with Crippen LogP contribution in [0.4, 0.5) is 0 Å². The molecular formula is C18H13N3. The molecule has 0 saturated heterocycles. The molecule has 0 aliphatic heterocycles. The summed E-state index contributed by atoms with van der Waals surface area (Å²) in [6.45, 7) is 0. The molecule has 0 aliphatic rings. The highest BCUT2D eigenvalue weighted by molar-refractivity contribution is 5.35. The Hall–Kier alpha value is -3.09. The third-order valence-electron chi connectivity index (χ3n) is 3.45. The summed E-state index contributed by atoms with van der Waals surface area (Å²) in [5, 5.41) is 27.3. The first kappa shape index (κ1) is 14.3. The summed E-state index contributed by atoms with van der Waals surface area (Å²) in [5.74, 6) is -0.909. The van der Waals surface area contributed by atoms with E-state index in [1.807, 2.05) is 42.5 Å². The van der Waals surface area contributed by atoms with Gasteiger partial charge in [0, 0.05) is 5.92 Å². The van der Waals surface area contributed by atoms with Gasteiger partial charge < -0.3 is 0 Å². The second-order valence-corrected chi connectivity index (χ2v) is 4.77. The number of hydrogen-bond acceptors (Lipinski definition) is 3. The molecule has 0 aromatic heterocycles. The predicted octanol–water partition coefficient (Wildman–Crippen LogP) is 3.55. The van der Waals surface area contributed by atoms with Crippen LogP contribution in [0, 0.1) is 39.9 Å². The van der Waals surface area contributed by atoms with Crippen LogP contribution in [0.5, 0.6) is 0 Å². The smallest absolute Gasteiger partial charge is 0.140 e. The fourth-order valence-corrected chi connectivity index (χ4v) is 2.31. The molecular weight excluding hydrogens is 258 g/mol. The summed E-state index contributed by atoms with van der Waals surface area (Å²) in [7, 11) is 0. The molecule has 2 aromatic rings. The van der Waals surface area contributed by atoms with E-state index in [0.717, 1.165) is 11.1 Å². The first-order valence-corrected chi connectivity index (χ1v) is 6.61. The highest BCUT2D eigenvalue weighted by Gasteiger charge is 2.23. The Bertz CT molecular complexity index is 698. The quantitative estimate of drug-likeness (QED) is 0.853. The van der Waals surface area contributed by atoms with Gasteiger partial charge in [-0.05, 0) is 29.7 Å². The van der Waals surface area contributed by atoms with Crippen molar-refractivity contribution >= 4 is 0 Å². The summed E-state index contributed by atoms with van der Waals surface area (Å²) >= 11 is 0. The third-order valence-corrected chi connectivity index (χ3v) is 3.45. The summed E-state index contributed by atoms with van der Waals surface area (Å²) in [6, 6.07) is 23.1. The van der Waals surface area contributed by atoms with Crippen LogP contribution in [0.15, 0.2) is 54.6 Å². The maximum atomic E-state index is 9.21. The molecule has 0 fully saturated rings. The molecule has 21 heavy (non-hydrogen) atoms. The molecule has 0 amide bonds. The van der Waals surface area contributed by atoms with Gasteiger partial charge in [0.25, 0.3) is 0 Å². The molecule has 0 spiro atoms. The zero-order valence-electron chi connectivity index (χ0n) is 11.4. The molecule has 0 heterocycles. The van der Waals surface area contributed by atoms with Crippen molar-refractivity contribution < 1.29 is 0 Å². The number of hydrogen-bond donors (Lipinski definition) is 0. The van der Waals surface area contributed by atoms with Crippen LogP contribution >= 0.6 is 0 Å². The van der Waals surface area contributed by atoms with Gasteiger partial charge in [-0.15, -0.1) is 0 Å². The lowest BCUT2D eigenvalue weighted by molar-refractivity contribution is 0.608. The van der Waals surface area contributed by atoms with E-state index in [4.69, 9.17) is 5.26 Å². The van der Waals surface area contributed by atoms with E-state index < -0.39 is 5.92 Å². The molecule has 2 rings (SSSR count). The molecule has 100 valence electrons. The second-order valence-electron chi connectivity index (χ2n) is 4.77. The van der Waals surface area contributed by atoms with Gasteiger partial charge in [-0.25, -0.2) is 0 Å². The van der Waals surface area contributed by atoms with Crippen molar-refractivity contribution in [2.75, 3.05) is 0 Å². The number of rotatable bonds is 4. The van der Waals surface area contributed by atoms with Crippen LogP contribution in [-0.2, 0) is 6.42 Å². The van der Waals surface area contributed by atoms with Crippen molar-refractivity contribution in [3.63, 3.8) is 0 Å². The lowest BCUT2D eigenvalue weighted by Crippen LogP contribution is -2.13. The Morgan fingerprint density at radius 2 is 1.43 bits per heavy atom. The second kappa shape index (κ2) is 6.90. The molecule has 0 radical (unpaired) electrons. The van der Waals surface area contributed by atoms with Crippen LogP contribution in [0.2, 0.25) is 0 Å². The van der Waals surface area contributed by atoms with Crippen molar-refractivity contribution in [2.24, 2.45) is 5.92 Å². The third kappa shape index (κ3) is 3.47. The Labute approximate surface area is 124 Å². The van der Waals surface area contributed by atoms with Crippen molar-refractivity contribution in [3.8, 4) is 18.2 Å². The van der Waals surface area contributed by atoms with E-state index in [1.165, 1.54) is 0 Å². The molecule has 1 unspecified atom stereocenters. The first-order valence-electron chi connectivity index (χ1n) is 6.61. The van der Waals surface area contributed by atoms with Crippen molar-refractivity contribution in [1.82, 2.24) is 0 Å². The van der Waals surface area contributed by atoms with Crippen LogP contribution in [-0.4, -0.2) is 0 Å². The van der Waals surface area contributed by atoms with Crippen LogP contribution in [0.25, 0.3) is 0 Å². The van der Waals surface area contributed by atoms with Crippen molar-refractivity contribution in [3.05, 3.63) is 71.3 Å². The normalized spacial score (nSPS) is 11.1. The monoisotopic (exact) mass is 271 g/mol. The van der Waals surface area contributed by atoms with Gasteiger partial charge >= 0.3 is 0 Å². The van der Waals surface area contributed by atoms with Gasteiger partial charge in [0.05, 0.1) is 23.8 Å². The van der Waals surface area contributed by atoms with Crippen molar-refractivity contribution in [1.29, 1.82) is 15.8 Å². The molecule has 3 nitrogen and oxygen atoms in total. The van der Waals surface area contributed by atoms with Gasteiger partial charge in [0.15, 0.2) is 0 Å². The van der Waals surface area contributed by atoms with E-state index in [1.54, 1.807) is 12.1 Å². The largest absolute Gasteiger partial charge is 0.197 e. The van der Waals surface area contributed by atoms with Gasteiger partial charge in [-0.2, -0.15) is 15.8 Å². The van der Waals surface area contributed by atoms with E-state index in [2.05, 4.69) is 18.2 Å². The van der Waals surface area contributed by atoms with Gasteiger partial charge in [0.1, 0.15) is 5.92 Å².